The van der Waals surface area contributed by atoms with Gasteiger partial charge in [0.1, 0.15) is 17.1 Å². The number of hydrogen-bond donors (Lipinski definition) is 1. The molecule has 208 valence electrons. The Labute approximate surface area is 235 Å². The van der Waals surface area contributed by atoms with E-state index >= 15 is 0 Å². The quantitative estimate of drug-likeness (QED) is 0.256. The van der Waals surface area contributed by atoms with E-state index in [2.05, 4.69) is 28.5 Å². The monoisotopic (exact) mass is 559 g/mol. The van der Waals surface area contributed by atoms with Gasteiger partial charge in [-0.15, -0.1) is 0 Å². The molecule has 40 heavy (non-hydrogen) atoms. The maximum atomic E-state index is 13.3. The second-order valence-electron chi connectivity index (χ2n) is 10.2. The van der Waals surface area contributed by atoms with E-state index in [0.717, 1.165) is 28.0 Å². The van der Waals surface area contributed by atoms with Crippen LogP contribution in [0.3, 0.4) is 0 Å². The Kier molecular flexibility index (Phi) is 8.54. The summed E-state index contributed by atoms with van der Waals surface area (Å²) in [5.74, 6) is 0.796. The predicted molar refractivity (Wildman–Crippen MR) is 154 cm³/mol. The van der Waals surface area contributed by atoms with Gasteiger partial charge in [-0.05, 0) is 93.3 Å². The molecule has 0 atom stereocenters. The molecule has 4 rings (SSSR count). The fourth-order valence-electron chi connectivity index (χ4n) is 4.16. The Morgan fingerprint density at radius 1 is 0.900 bits per heavy atom. The van der Waals surface area contributed by atoms with E-state index in [1.54, 1.807) is 25.1 Å². The maximum absolute atomic E-state index is 13.3. The van der Waals surface area contributed by atoms with Crippen molar-refractivity contribution >= 4 is 15.9 Å². The lowest BCUT2D eigenvalue weighted by atomic mass is 10.1. The van der Waals surface area contributed by atoms with Gasteiger partial charge < -0.3 is 9.47 Å². The highest BCUT2D eigenvalue weighted by Gasteiger charge is 2.24. The molecule has 1 N–H and O–H groups in total. The number of carbonyl (C=O) groups excluding carboxylic acids is 1. The molecule has 2 heterocycles. The molecule has 0 saturated carbocycles. The number of benzene rings is 2. The van der Waals surface area contributed by atoms with Crippen molar-refractivity contribution in [2.75, 3.05) is 6.61 Å². The van der Waals surface area contributed by atoms with Crippen LogP contribution in [0.25, 0.3) is 11.3 Å². The molecular weight excluding hydrogens is 526 g/mol. The summed E-state index contributed by atoms with van der Waals surface area (Å²) < 4.78 is 40.0. The first-order valence-corrected chi connectivity index (χ1v) is 14.4. The van der Waals surface area contributed by atoms with Crippen LogP contribution < -0.4 is 14.2 Å². The van der Waals surface area contributed by atoms with Crippen LogP contribution in [0.5, 0.6) is 17.4 Å². The molecule has 0 aliphatic heterocycles. The van der Waals surface area contributed by atoms with Gasteiger partial charge in [-0.25, -0.2) is 14.7 Å². The summed E-state index contributed by atoms with van der Waals surface area (Å²) in [7, 11) is -4.23. The normalized spacial score (nSPS) is 11.4. The van der Waals surface area contributed by atoms with E-state index in [1.165, 1.54) is 12.1 Å². The zero-order valence-corrected chi connectivity index (χ0v) is 24.3. The number of ether oxygens (including phenoxy) is 2. The topological polar surface area (TPSA) is 107 Å². The molecule has 8 nitrogen and oxygen atoms in total. The molecule has 0 radical (unpaired) electrons. The number of rotatable bonds is 9. The average molecular weight is 560 g/mol. The van der Waals surface area contributed by atoms with E-state index in [1.807, 2.05) is 57.2 Å². The first-order chi connectivity index (χ1) is 18.9. The number of nitrogens with zero attached hydrogens (tertiary/aromatic N) is 2. The van der Waals surface area contributed by atoms with Crippen LogP contribution in [0.15, 0.2) is 71.8 Å². The summed E-state index contributed by atoms with van der Waals surface area (Å²) >= 11 is 0. The van der Waals surface area contributed by atoms with E-state index < -0.39 is 15.9 Å². The Hall–Kier alpha value is -4.24. The molecule has 0 bridgehead atoms. The molecular formula is C31H33N3O5S. The number of pyridine rings is 2. The standard InChI is InChI=1S/C31H33N3O5S/c1-19(2)18-38-25-12-10-24(11-13-25)27-15-14-26(30(35)34-40(36,37)28-9-7-8-23(6)32-28)31(33-27)39-29-21(4)16-20(3)17-22(29)5/h7-17,19H,18H2,1-6H3,(H,34,35). The molecule has 9 heteroatoms. The second kappa shape index (κ2) is 11.9. The van der Waals surface area contributed by atoms with Crippen molar-refractivity contribution in [2.24, 2.45) is 5.92 Å². The highest BCUT2D eigenvalue weighted by Crippen LogP contribution is 2.33. The van der Waals surface area contributed by atoms with Gasteiger partial charge in [0.25, 0.3) is 15.9 Å². The number of aryl methyl sites for hydroxylation is 4. The highest BCUT2D eigenvalue weighted by molar-refractivity contribution is 7.90. The fourth-order valence-corrected chi connectivity index (χ4v) is 5.14. The minimum atomic E-state index is -4.23. The smallest absolute Gasteiger partial charge is 0.281 e. The van der Waals surface area contributed by atoms with E-state index in [0.29, 0.717) is 29.7 Å². The third-order valence-corrected chi connectivity index (χ3v) is 7.24. The predicted octanol–water partition coefficient (Wildman–Crippen LogP) is 6.32. The van der Waals surface area contributed by atoms with Gasteiger partial charge in [-0.2, -0.15) is 8.42 Å². The fraction of sp³-hybridized carbons (Fsp3) is 0.258. The minimum Gasteiger partial charge on any atom is -0.493 e. The van der Waals surface area contributed by atoms with Gasteiger partial charge in [0.2, 0.25) is 5.88 Å². The van der Waals surface area contributed by atoms with Gasteiger partial charge in [0.05, 0.1) is 12.3 Å². The molecule has 0 fully saturated rings. The number of nitrogens with one attached hydrogen (secondary N) is 1. The van der Waals surface area contributed by atoms with Crippen molar-refractivity contribution in [3.63, 3.8) is 0 Å². The summed E-state index contributed by atoms with van der Waals surface area (Å²) in [6.45, 7) is 12.2. The highest BCUT2D eigenvalue weighted by atomic mass is 32.2. The number of carbonyl (C=O) groups is 1. The number of aromatic nitrogens is 2. The van der Waals surface area contributed by atoms with Crippen LogP contribution in [0, 0.1) is 33.6 Å². The molecule has 0 spiro atoms. The van der Waals surface area contributed by atoms with Crippen molar-refractivity contribution in [1.29, 1.82) is 0 Å². The lowest BCUT2D eigenvalue weighted by Gasteiger charge is -2.16. The van der Waals surface area contributed by atoms with Crippen molar-refractivity contribution in [2.45, 2.75) is 46.6 Å². The third-order valence-electron chi connectivity index (χ3n) is 6.01. The van der Waals surface area contributed by atoms with E-state index in [-0.39, 0.29) is 16.5 Å². The Balaban J connectivity index is 1.72. The molecule has 2 aromatic carbocycles. The lowest BCUT2D eigenvalue weighted by Crippen LogP contribution is -2.31. The van der Waals surface area contributed by atoms with Gasteiger partial charge >= 0.3 is 0 Å². The van der Waals surface area contributed by atoms with Gasteiger partial charge in [0.15, 0.2) is 5.03 Å². The summed E-state index contributed by atoms with van der Waals surface area (Å²) in [5, 5.41) is -0.252. The molecule has 2 aromatic heterocycles. The number of hydrogen-bond acceptors (Lipinski definition) is 7. The zero-order valence-electron chi connectivity index (χ0n) is 23.5. The Bertz CT molecular complexity index is 1630. The van der Waals surface area contributed by atoms with Gasteiger partial charge in [-0.1, -0.05) is 37.6 Å². The first-order valence-electron chi connectivity index (χ1n) is 12.9. The number of amides is 1. The molecule has 4 aromatic rings. The van der Waals surface area contributed by atoms with Crippen molar-refractivity contribution < 1.29 is 22.7 Å². The van der Waals surface area contributed by atoms with E-state index in [4.69, 9.17) is 9.47 Å². The van der Waals surface area contributed by atoms with Crippen molar-refractivity contribution in [3.05, 3.63) is 94.7 Å². The molecule has 0 aliphatic rings. The molecule has 0 saturated heterocycles. The molecule has 0 unspecified atom stereocenters. The SMILES string of the molecule is Cc1cc(C)c(Oc2nc(-c3ccc(OCC(C)C)cc3)ccc2C(=O)NS(=O)(=O)c2cccc(C)n2)c(C)c1. The van der Waals surface area contributed by atoms with Gasteiger partial charge in [-0.3, -0.25) is 4.79 Å². The maximum Gasteiger partial charge on any atom is 0.281 e. The van der Waals surface area contributed by atoms with Crippen LogP contribution in [-0.2, 0) is 10.0 Å². The largest absolute Gasteiger partial charge is 0.493 e. The minimum absolute atomic E-state index is 0.0161. The zero-order chi connectivity index (χ0) is 29.0. The van der Waals surface area contributed by atoms with Crippen LogP contribution in [0.2, 0.25) is 0 Å². The van der Waals surface area contributed by atoms with Crippen LogP contribution in [-0.4, -0.2) is 30.9 Å². The van der Waals surface area contributed by atoms with Crippen LogP contribution in [0.1, 0.15) is 46.6 Å². The van der Waals surface area contributed by atoms with Crippen LogP contribution in [0.4, 0.5) is 0 Å². The number of sulfonamides is 1. The second-order valence-corrected chi connectivity index (χ2v) is 11.8. The van der Waals surface area contributed by atoms with Crippen LogP contribution >= 0.6 is 0 Å². The molecule has 0 aliphatic carbocycles. The lowest BCUT2D eigenvalue weighted by molar-refractivity contribution is 0.0978. The summed E-state index contributed by atoms with van der Waals surface area (Å²) in [5.41, 5.74) is 4.60. The Morgan fingerprint density at radius 2 is 1.57 bits per heavy atom. The summed E-state index contributed by atoms with van der Waals surface area (Å²) in [6, 6.07) is 19.1. The van der Waals surface area contributed by atoms with Crippen molar-refractivity contribution in [3.8, 4) is 28.6 Å². The Morgan fingerprint density at radius 3 is 2.20 bits per heavy atom. The third kappa shape index (κ3) is 6.84. The summed E-state index contributed by atoms with van der Waals surface area (Å²) in [6.07, 6.45) is 0. The van der Waals surface area contributed by atoms with E-state index in [9.17, 15) is 13.2 Å². The average Bonchev–Trinajstić information content (AvgIpc) is 2.89. The summed E-state index contributed by atoms with van der Waals surface area (Å²) in [4.78, 5) is 22.0. The van der Waals surface area contributed by atoms with Gasteiger partial charge in [0, 0.05) is 11.3 Å². The van der Waals surface area contributed by atoms with Crippen molar-refractivity contribution in [1.82, 2.24) is 14.7 Å². The first kappa shape index (κ1) is 28.8. The molecule has 1 amide bonds.